The monoisotopic (exact) mass is 352 g/mol. The molecule has 5 nitrogen and oxygen atoms in total. The van der Waals surface area contributed by atoms with Crippen LogP contribution in [0.5, 0.6) is 0 Å². The lowest BCUT2D eigenvalue weighted by atomic mass is 9.89. The smallest absolute Gasteiger partial charge is 0.303 e. The lowest BCUT2D eigenvalue weighted by Crippen LogP contribution is -2.28. The van der Waals surface area contributed by atoms with Gasteiger partial charge in [-0.3, -0.25) is 4.79 Å². The van der Waals surface area contributed by atoms with Gasteiger partial charge in [-0.1, -0.05) is 50.5 Å². The van der Waals surface area contributed by atoms with E-state index in [1.807, 2.05) is 6.08 Å². The lowest BCUT2D eigenvalue weighted by molar-refractivity contribution is -0.336. The van der Waals surface area contributed by atoms with Crippen molar-refractivity contribution in [2.75, 3.05) is 0 Å². The molecule has 25 heavy (non-hydrogen) atoms. The van der Waals surface area contributed by atoms with Crippen molar-refractivity contribution in [3.8, 4) is 0 Å². The average Bonchev–Trinajstić information content (AvgIpc) is 3.17. The van der Waals surface area contributed by atoms with E-state index in [4.69, 9.17) is 14.9 Å². The molecule has 2 rings (SSSR count). The molecule has 1 aliphatic heterocycles. The van der Waals surface area contributed by atoms with Gasteiger partial charge in [-0.25, -0.2) is 9.78 Å². The van der Waals surface area contributed by atoms with Gasteiger partial charge >= 0.3 is 5.97 Å². The van der Waals surface area contributed by atoms with Crippen molar-refractivity contribution in [1.29, 1.82) is 0 Å². The summed E-state index contributed by atoms with van der Waals surface area (Å²) in [5.74, 6) is -0.0912. The third-order valence-electron chi connectivity index (χ3n) is 5.16. The van der Waals surface area contributed by atoms with Crippen LogP contribution in [-0.4, -0.2) is 34.5 Å². The van der Waals surface area contributed by atoms with Crippen molar-refractivity contribution in [3.63, 3.8) is 0 Å². The second-order valence-electron chi connectivity index (χ2n) is 7.19. The molecule has 0 amide bonds. The molecule has 1 saturated carbocycles. The Morgan fingerprint density at radius 2 is 2.00 bits per heavy atom. The molecule has 0 radical (unpaired) electrons. The first kappa shape index (κ1) is 20.1. The molecule has 2 aliphatic rings. The standard InChI is InChI=1S/C20H32O5/c1-2-3-6-9-15(21)12-13-17-16(18-14-19(17)25-24-18)10-7-4-5-8-11-20(22)23/h4,7,12-13,15-19,21H,2-3,5-6,8-11,14H2,1H3,(H,22,23)/b7-4-,13-12+/t15-,16-,17-,18-,19+/m1/s1. The highest BCUT2D eigenvalue weighted by Crippen LogP contribution is 2.44. The van der Waals surface area contributed by atoms with Crippen molar-refractivity contribution >= 4 is 5.97 Å². The number of aliphatic carboxylic acids is 1. The largest absolute Gasteiger partial charge is 0.481 e. The molecule has 5 heteroatoms. The van der Waals surface area contributed by atoms with Gasteiger partial charge in [-0.2, -0.15) is 0 Å². The summed E-state index contributed by atoms with van der Waals surface area (Å²) in [6.07, 6.45) is 15.8. The third kappa shape index (κ3) is 6.57. The maximum atomic E-state index is 10.5. The number of carboxylic acids is 1. The van der Waals surface area contributed by atoms with Gasteiger partial charge in [0.2, 0.25) is 0 Å². The minimum atomic E-state index is -0.741. The summed E-state index contributed by atoms with van der Waals surface area (Å²) >= 11 is 0. The second kappa shape index (κ2) is 10.7. The molecule has 0 aromatic rings. The molecule has 2 fully saturated rings. The zero-order valence-electron chi connectivity index (χ0n) is 15.2. The quantitative estimate of drug-likeness (QED) is 0.315. The van der Waals surface area contributed by atoms with Crippen LogP contribution >= 0.6 is 0 Å². The van der Waals surface area contributed by atoms with E-state index in [0.29, 0.717) is 12.3 Å². The van der Waals surface area contributed by atoms with Crippen molar-refractivity contribution in [2.24, 2.45) is 11.8 Å². The van der Waals surface area contributed by atoms with E-state index in [2.05, 4.69) is 25.2 Å². The number of rotatable bonds is 12. The number of unbranched alkanes of at least 4 members (excludes halogenated alkanes) is 3. The molecule has 0 spiro atoms. The van der Waals surface area contributed by atoms with Gasteiger partial charge in [0, 0.05) is 24.7 Å². The summed E-state index contributed by atoms with van der Waals surface area (Å²) in [7, 11) is 0. The predicted octanol–water partition coefficient (Wildman–Crippen LogP) is 4.02. The Morgan fingerprint density at radius 3 is 2.76 bits per heavy atom. The van der Waals surface area contributed by atoms with Gasteiger partial charge in [0.25, 0.3) is 0 Å². The van der Waals surface area contributed by atoms with Gasteiger partial charge in [-0.15, -0.1) is 0 Å². The van der Waals surface area contributed by atoms with Crippen LogP contribution in [0.2, 0.25) is 0 Å². The van der Waals surface area contributed by atoms with Crippen LogP contribution in [-0.2, 0) is 14.6 Å². The summed E-state index contributed by atoms with van der Waals surface area (Å²) in [6.45, 7) is 2.16. The fourth-order valence-corrected chi connectivity index (χ4v) is 3.72. The number of aliphatic hydroxyl groups is 1. The number of carbonyl (C=O) groups is 1. The first-order valence-electron chi connectivity index (χ1n) is 9.67. The molecule has 5 atom stereocenters. The highest BCUT2D eigenvalue weighted by Gasteiger charge is 2.49. The molecule has 0 aromatic heterocycles. The fraction of sp³-hybridized carbons (Fsp3) is 0.750. The molecule has 0 aromatic carbocycles. The lowest BCUT2D eigenvalue weighted by Gasteiger charge is -2.27. The van der Waals surface area contributed by atoms with Crippen LogP contribution < -0.4 is 0 Å². The summed E-state index contributed by atoms with van der Waals surface area (Å²) in [5, 5.41) is 18.7. The topological polar surface area (TPSA) is 76.0 Å². The van der Waals surface area contributed by atoms with Crippen LogP contribution in [0.25, 0.3) is 0 Å². The number of allylic oxidation sites excluding steroid dienone is 2. The summed E-state index contributed by atoms with van der Waals surface area (Å²) in [6, 6.07) is 0. The fourth-order valence-electron chi connectivity index (χ4n) is 3.72. The van der Waals surface area contributed by atoms with Crippen LogP contribution in [0.15, 0.2) is 24.3 Å². The number of fused-ring (bicyclic) bond motifs is 2. The maximum absolute atomic E-state index is 10.5. The SMILES string of the molecule is CCCCC[C@@H](O)/C=C/[C@@H]1[C@@H](C/C=C\CCCC(=O)O)[C@H]2C[C@@H]1OO2. The van der Waals surface area contributed by atoms with E-state index in [9.17, 15) is 9.90 Å². The van der Waals surface area contributed by atoms with Gasteiger partial charge in [-0.05, 0) is 25.7 Å². The van der Waals surface area contributed by atoms with Crippen LogP contribution in [0.3, 0.4) is 0 Å². The first-order chi connectivity index (χ1) is 12.1. The van der Waals surface area contributed by atoms with Crippen molar-refractivity contribution in [1.82, 2.24) is 0 Å². The number of hydrogen-bond donors (Lipinski definition) is 2. The maximum Gasteiger partial charge on any atom is 0.303 e. The summed E-state index contributed by atoms with van der Waals surface area (Å²) < 4.78 is 0. The molecule has 1 heterocycles. The zero-order valence-corrected chi connectivity index (χ0v) is 15.2. The normalized spacial score (nSPS) is 29.8. The Labute approximate surface area is 150 Å². The first-order valence-corrected chi connectivity index (χ1v) is 9.67. The second-order valence-corrected chi connectivity index (χ2v) is 7.19. The molecule has 142 valence electrons. The van der Waals surface area contributed by atoms with E-state index in [1.54, 1.807) is 0 Å². The van der Waals surface area contributed by atoms with Crippen LogP contribution in [0, 0.1) is 11.8 Å². The van der Waals surface area contributed by atoms with Gasteiger partial charge < -0.3 is 10.2 Å². The van der Waals surface area contributed by atoms with Gasteiger partial charge in [0.15, 0.2) is 0 Å². The molecular weight excluding hydrogens is 320 g/mol. The molecule has 2 N–H and O–H groups in total. The van der Waals surface area contributed by atoms with Crippen LogP contribution in [0.4, 0.5) is 0 Å². The predicted molar refractivity (Wildman–Crippen MR) is 95.9 cm³/mol. The van der Waals surface area contributed by atoms with E-state index in [-0.39, 0.29) is 30.7 Å². The minimum absolute atomic E-state index is 0.0921. The summed E-state index contributed by atoms with van der Waals surface area (Å²) in [5.41, 5.74) is 0. The minimum Gasteiger partial charge on any atom is -0.481 e. The highest BCUT2D eigenvalue weighted by atomic mass is 17.2. The van der Waals surface area contributed by atoms with E-state index in [0.717, 1.165) is 44.9 Å². The van der Waals surface area contributed by atoms with Gasteiger partial charge in [0.05, 0.1) is 12.2 Å². The molecule has 1 saturated heterocycles. The number of carboxylic acid groups (broad SMARTS) is 1. The molecular formula is C20H32O5. The zero-order chi connectivity index (χ0) is 18.1. The Balaban J connectivity index is 1.78. The Hall–Kier alpha value is -1.17. The van der Waals surface area contributed by atoms with Crippen molar-refractivity contribution in [2.45, 2.75) is 83.0 Å². The Morgan fingerprint density at radius 1 is 1.20 bits per heavy atom. The molecule has 0 unspecified atom stereocenters. The highest BCUT2D eigenvalue weighted by molar-refractivity contribution is 5.66. The molecule has 2 bridgehead atoms. The van der Waals surface area contributed by atoms with Crippen molar-refractivity contribution < 1.29 is 24.8 Å². The molecule has 1 aliphatic carbocycles. The summed E-state index contributed by atoms with van der Waals surface area (Å²) in [4.78, 5) is 21.3. The number of hydrogen-bond acceptors (Lipinski definition) is 4. The van der Waals surface area contributed by atoms with Crippen molar-refractivity contribution in [3.05, 3.63) is 24.3 Å². The number of aliphatic hydroxyl groups excluding tert-OH is 1. The average molecular weight is 352 g/mol. The van der Waals surface area contributed by atoms with Gasteiger partial charge in [0.1, 0.15) is 6.10 Å². The Bertz CT molecular complexity index is 459. The van der Waals surface area contributed by atoms with Crippen LogP contribution in [0.1, 0.15) is 64.7 Å². The van der Waals surface area contributed by atoms with E-state index >= 15 is 0 Å². The third-order valence-corrected chi connectivity index (χ3v) is 5.16. The van der Waals surface area contributed by atoms with E-state index in [1.165, 1.54) is 0 Å². The Kier molecular flexibility index (Phi) is 8.65. The van der Waals surface area contributed by atoms with E-state index < -0.39 is 5.97 Å².